The largest absolute Gasteiger partial charge is 0.573 e. The Bertz CT molecular complexity index is 395. The molecule has 0 saturated carbocycles. The van der Waals surface area contributed by atoms with Crippen LogP contribution >= 0.6 is 0 Å². The molecule has 1 aromatic carbocycles. The molecule has 0 amide bonds. The highest BCUT2D eigenvalue weighted by Gasteiger charge is 2.30. The van der Waals surface area contributed by atoms with E-state index in [1.54, 1.807) is 0 Å². The van der Waals surface area contributed by atoms with Gasteiger partial charge in [0, 0.05) is 18.7 Å². The fourth-order valence-electron chi connectivity index (χ4n) is 1.34. The topological polar surface area (TPSA) is 45.0 Å². The third-order valence-electron chi connectivity index (χ3n) is 2.13. The molecule has 0 heterocycles. The van der Waals surface area contributed by atoms with Crippen LogP contribution in [0.4, 0.5) is 18.9 Å². The SMILES string of the molecule is N#CCCCCNc1ccc(OC(F)(F)F)cc1. The van der Waals surface area contributed by atoms with E-state index in [1.165, 1.54) is 24.3 Å². The van der Waals surface area contributed by atoms with E-state index in [9.17, 15) is 13.2 Å². The maximum atomic E-state index is 11.9. The summed E-state index contributed by atoms with van der Waals surface area (Å²) < 4.78 is 39.4. The van der Waals surface area contributed by atoms with Crippen molar-refractivity contribution in [2.45, 2.75) is 25.6 Å². The van der Waals surface area contributed by atoms with E-state index < -0.39 is 6.36 Å². The summed E-state index contributed by atoms with van der Waals surface area (Å²) in [5.74, 6) is -0.238. The Hall–Kier alpha value is -1.90. The number of ether oxygens (including phenoxy) is 1. The Balaban J connectivity index is 2.34. The summed E-state index contributed by atoms with van der Waals surface area (Å²) >= 11 is 0. The summed E-state index contributed by atoms with van der Waals surface area (Å²) in [5.41, 5.74) is 0.724. The standard InChI is InChI=1S/C12H13F3N2O/c13-12(14,15)18-11-6-4-10(5-7-11)17-9-3-1-2-8-16/h4-7,17H,1-3,9H2. The average Bonchev–Trinajstić information content (AvgIpc) is 2.29. The third kappa shape index (κ3) is 5.99. The van der Waals surface area contributed by atoms with Crippen LogP contribution in [0, 0.1) is 11.3 Å². The molecule has 0 aliphatic heterocycles. The first-order chi connectivity index (χ1) is 8.51. The lowest BCUT2D eigenvalue weighted by Crippen LogP contribution is -2.17. The highest BCUT2D eigenvalue weighted by atomic mass is 19.4. The van der Waals surface area contributed by atoms with Gasteiger partial charge in [-0.25, -0.2) is 0 Å². The maximum absolute atomic E-state index is 11.9. The van der Waals surface area contributed by atoms with Crippen molar-refractivity contribution in [2.24, 2.45) is 0 Å². The van der Waals surface area contributed by atoms with Crippen molar-refractivity contribution in [2.75, 3.05) is 11.9 Å². The number of alkyl halides is 3. The normalized spacial score (nSPS) is 10.8. The molecule has 0 aliphatic rings. The van der Waals surface area contributed by atoms with Gasteiger partial charge in [0.25, 0.3) is 0 Å². The number of nitrogens with one attached hydrogen (secondary N) is 1. The predicted molar refractivity (Wildman–Crippen MR) is 61.1 cm³/mol. The zero-order valence-electron chi connectivity index (χ0n) is 9.63. The van der Waals surface area contributed by atoms with Gasteiger partial charge in [-0.1, -0.05) is 0 Å². The van der Waals surface area contributed by atoms with Gasteiger partial charge in [-0.3, -0.25) is 0 Å². The Kier molecular flexibility index (Phi) is 5.31. The molecule has 1 rings (SSSR count). The highest BCUT2D eigenvalue weighted by molar-refractivity contribution is 5.46. The molecule has 18 heavy (non-hydrogen) atoms. The molecule has 0 fully saturated rings. The predicted octanol–water partition coefficient (Wildman–Crippen LogP) is 3.69. The van der Waals surface area contributed by atoms with Gasteiger partial charge in [0.2, 0.25) is 0 Å². The third-order valence-corrected chi connectivity index (χ3v) is 2.13. The van der Waals surface area contributed by atoms with Crippen LogP contribution in [0.1, 0.15) is 19.3 Å². The van der Waals surface area contributed by atoms with Gasteiger partial charge in [-0.2, -0.15) is 5.26 Å². The molecule has 0 aromatic heterocycles. The van der Waals surface area contributed by atoms with Gasteiger partial charge < -0.3 is 10.1 Å². The van der Waals surface area contributed by atoms with Crippen molar-refractivity contribution >= 4 is 5.69 Å². The van der Waals surface area contributed by atoms with Crippen LogP contribution in [0.5, 0.6) is 5.75 Å². The van der Waals surface area contributed by atoms with Crippen molar-refractivity contribution in [1.29, 1.82) is 5.26 Å². The fourth-order valence-corrected chi connectivity index (χ4v) is 1.34. The van der Waals surface area contributed by atoms with Crippen molar-refractivity contribution in [3.05, 3.63) is 24.3 Å². The van der Waals surface area contributed by atoms with E-state index >= 15 is 0 Å². The summed E-state index contributed by atoms with van der Waals surface area (Å²) in [6, 6.07) is 7.59. The molecule has 1 N–H and O–H groups in total. The number of rotatable bonds is 6. The summed E-state index contributed by atoms with van der Waals surface area (Å²) in [6.45, 7) is 0.682. The van der Waals surface area contributed by atoms with Gasteiger partial charge in [0.15, 0.2) is 0 Å². The van der Waals surface area contributed by atoms with Crippen molar-refractivity contribution < 1.29 is 17.9 Å². The second-order valence-electron chi connectivity index (χ2n) is 3.61. The number of nitrogens with zero attached hydrogens (tertiary/aromatic N) is 1. The minimum absolute atomic E-state index is 0.238. The molecule has 1 aromatic rings. The lowest BCUT2D eigenvalue weighted by molar-refractivity contribution is -0.274. The second-order valence-corrected chi connectivity index (χ2v) is 3.61. The molecule has 3 nitrogen and oxygen atoms in total. The van der Waals surface area contributed by atoms with Gasteiger partial charge in [0.05, 0.1) is 6.07 Å². The van der Waals surface area contributed by atoms with Gasteiger partial charge in [-0.05, 0) is 37.1 Å². The van der Waals surface area contributed by atoms with E-state index in [2.05, 4.69) is 10.1 Å². The molecule has 98 valence electrons. The van der Waals surface area contributed by atoms with E-state index in [4.69, 9.17) is 5.26 Å². The van der Waals surface area contributed by atoms with E-state index in [0.717, 1.165) is 18.5 Å². The lowest BCUT2D eigenvalue weighted by Gasteiger charge is -2.10. The van der Waals surface area contributed by atoms with Gasteiger partial charge in [-0.15, -0.1) is 13.2 Å². The zero-order chi connectivity index (χ0) is 13.4. The van der Waals surface area contributed by atoms with Crippen LogP contribution in [-0.2, 0) is 0 Å². The molecule has 0 aliphatic carbocycles. The molecule has 6 heteroatoms. The number of unbranched alkanes of at least 4 members (excludes halogenated alkanes) is 2. The Morgan fingerprint density at radius 1 is 1.17 bits per heavy atom. The molecule has 0 saturated heterocycles. The summed E-state index contributed by atoms with van der Waals surface area (Å²) in [7, 11) is 0. The molecular weight excluding hydrogens is 245 g/mol. The summed E-state index contributed by atoms with van der Waals surface area (Å²) in [6.07, 6.45) is -2.50. The monoisotopic (exact) mass is 258 g/mol. The van der Waals surface area contributed by atoms with Crippen LogP contribution < -0.4 is 10.1 Å². The maximum Gasteiger partial charge on any atom is 0.573 e. The molecule has 0 radical (unpaired) electrons. The highest BCUT2D eigenvalue weighted by Crippen LogP contribution is 2.23. The van der Waals surface area contributed by atoms with E-state index in [-0.39, 0.29) is 5.75 Å². The Morgan fingerprint density at radius 3 is 2.39 bits per heavy atom. The molecule has 0 unspecified atom stereocenters. The number of hydrogen-bond donors (Lipinski definition) is 1. The number of nitriles is 1. The minimum Gasteiger partial charge on any atom is -0.406 e. The number of benzene rings is 1. The van der Waals surface area contributed by atoms with Gasteiger partial charge >= 0.3 is 6.36 Å². The van der Waals surface area contributed by atoms with Crippen LogP contribution in [0.3, 0.4) is 0 Å². The molecule has 0 bridgehead atoms. The second kappa shape index (κ2) is 6.74. The lowest BCUT2D eigenvalue weighted by atomic mass is 10.2. The van der Waals surface area contributed by atoms with E-state index in [0.29, 0.717) is 13.0 Å². The Morgan fingerprint density at radius 2 is 1.83 bits per heavy atom. The summed E-state index contributed by atoms with van der Waals surface area (Å²) in [5, 5.41) is 11.4. The Labute approximate surface area is 103 Å². The van der Waals surface area contributed by atoms with Crippen molar-refractivity contribution in [3.8, 4) is 11.8 Å². The minimum atomic E-state index is -4.66. The fraction of sp³-hybridized carbons (Fsp3) is 0.417. The average molecular weight is 258 g/mol. The van der Waals surface area contributed by atoms with Crippen molar-refractivity contribution in [1.82, 2.24) is 0 Å². The van der Waals surface area contributed by atoms with Crippen LogP contribution in [0.2, 0.25) is 0 Å². The summed E-state index contributed by atoms with van der Waals surface area (Å²) in [4.78, 5) is 0. The molecular formula is C12H13F3N2O. The number of halogens is 3. The van der Waals surface area contributed by atoms with Crippen LogP contribution in [0.15, 0.2) is 24.3 Å². The van der Waals surface area contributed by atoms with Gasteiger partial charge in [0.1, 0.15) is 5.75 Å². The number of hydrogen-bond acceptors (Lipinski definition) is 3. The molecule has 0 atom stereocenters. The zero-order valence-corrected chi connectivity index (χ0v) is 9.63. The van der Waals surface area contributed by atoms with Crippen molar-refractivity contribution in [3.63, 3.8) is 0 Å². The first kappa shape index (κ1) is 14.2. The van der Waals surface area contributed by atoms with Crippen LogP contribution in [0.25, 0.3) is 0 Å². The molecule has 0 spiro atoms. The smallest absolute Gasteiger partial charge is 0.406 e. The first-order valence-electron chi connectivity index (χ1n) is 5.48. The van der Waals surface area contributed by atoms with E-state index in [1.807, 2.05) is 6.07 Å². The van der Waals surface area contributed by atoms with Crippen LogP contribution in [-0.4, -0.2) is 12.9 Å². The number of anilines is 1. The quantitative estimate of drug-likeness (QED) is 0.791. The first-order valence-corrected chi connectivity index (χ1v) is 5.48.